The highest BCUT2D eigenvalue weighted by atomic mass is 32.1. The molecule has 0 radical (unpaired) electrons. The second-order valence-electron chi connectivity index (χ2n) is 4.59. The summed E-state index contributed by atoms with van der Waals surface area (Å²) in [5.41, 5.74) is 1.71. The Hall–Kier alpha value is -2.33. The summed E-state index contributed by atoms with van der Waals surface area (Å²) >= 11 is 1.13. The van der Waals surface area contributed by atoms with Crippen molar-refractivity contribution in [2.75, 3.05) is 6.54 Å². The molecule has 2 aromatic rings. The van der Waals surface area contributed by atoms with Crippen molar-refractivity contribution in [1.29, 1.82) is 5.26 Å². The van der Waals surface area contributed by atoms with Crippen molar-refractivity contribution in [3.8, 4) is 17.2 Å². The highest BCUT2D eigenvalue weighted by Gasteiger charge is 2.28. The van der Waals surface area contributed by atoms with Crippen molar-refractivity contribution < 1.29 is 18.0 Å². The van der Waals surface area contributed by atoms with E-state index in [9.17, 15) is 18.0 Å². The van der Waals surface area contributed by atoms with Crippen LogP contribution in [-0.2, 0) is 0 Å². The minimum atomic E-state index is -4.45. The van der Waals surface area contributed by atoms with E-state index in [2.05, 4.69) is 0 Å². The number of carbonyl (C=O) groups excluding carboxylic acids is 1. The number of aryl methyl sites for hydroxylation is 1. The fraction of sp³-hybridized carbons (Fsp3) is 0.200. The Morgan fingerprint density at radius 3 is 2.50 bits per heavy atom. The number of alkyl halides is 3. The zero-order chi connectivity index (χ0) is 16.3. The quantitative estimate of drug-likeness (QED) is 0.931. The zero-order valence-electron chi connectivity index (χ0n) is 11.5. The maximum Gasteiger partial charge on any atom is 0.405 e. The summed E-state index contributed by atoms with van der Waals surface area (Å²) in [6.07, 6.45) is -4.45. The molecule has 0 aliphatic heterocycles. The number of halogens is 3. The van der Waals surface area contributed by atoms with Crippen LogP contribution in [0.1, 0.15) is 20.1 Å². The zero-order valence-corrected chi connectivity index (χ0v) is 12.3. The molecule has 22 heavy (non-hydrogen) atoms. The molecule has 1 N–H and O–H groups in total. The van der Waals surface area contributed by atoms with E-state index >= 15 is 0 Å². The minimum Gasteiger partial charge on any atom is -0.342 e. The van der Waals surface area contributed by atoms with Gasteiger partial charge in [0.25, 0.3) is 5.91 Å². The fourth-order valence-electron chi connectivity index (χ4n) is 1.88. The summed E-state index contributed by atoms with van der Waals surface area (Å²) < 4.78 is 36.6. The van der Waals surface area contributed by atoms with Gasteiger partial charge in [-0.1, -0.05) is 12.1 Å². The third kappa shape index (κ3) is 3.86. The molecular weight excluding hydrogens is 313 g/mol. The van der Waals surface area contributed by atoms with E-state index in [0.29, 0.717) is 16.7 Å². The number of benzene rings is 1. The van der Waals surface area contributed by atoms with Gasteiger partial charge in [0.1, 0.15) is 6.54 Å². The third-order valence-corrected chi connectivity index (χ3v) is 3.89. The normalized spacial score (nSPS) is 11.0. The molecule has 0 aliphatic rings. The summed E-state index contributed by atoms with van der Waals surface area (Å²) in [4.78, 5) is 13.0. The monoisotopic (exact) mass is 324 g/mol. The van der Waals surface area contributed by atoms with E-state index < -0.39 is 18.6 Å². The van der Waals surface area contributed by atoms with Gasteiger partial charge < -0.3 is 5.32 Å². The molecule has 0 unspecified atom stereocenters. The van der Waals surface area contributed by atoms with E-state index in [1.54, 1.807) is 37.3 Å². The second kappa shape index (κ2) is 6.20. The summed E-state index contributed by atoms with van der Waals surface area (Å²) in [7, 11) is 0. The van der Waals surface area contributed by atoms with Crippen molar-refractivity contribution in [3.05, 3.63) is 45.6 Å². The van der Waals surface area contributed by atoms with E-state index in [1.807, 2.05) is 11.4 Å². The van der Waals surface area contributed by atoms with E-state index in [-0.39, 0.29) is 4.88 Å². The summed E-state index contributed by atoms with van der Waals surface area (Å²) in [5, 5.41) is 10.7. The van der Waals surface area contributed by atoms with Gasteiger partial charge in [-0.25, -0.2) is 0 Å². The fourth-order valence-corrected chi connectivity index (χ4v) is 2.83. The number of nitrogens with zero attached hydrogens (tertiary/aromatic N) is 1. The number of thiophene rings is 1. The molecule has 0 saturated carbocycles. The highest BCUT2D eigenvalue weighted by Crippen LogP contribution is 2.31. The van der Waals surface area contributed by atoms with Crippen LogP contribution in [-0.4, -0.2) is 18.6 Å². The van der Waals surface area contributed by atoms with Gasteiger partial charge in [0, 0.05) is 10.4 Å². The molecular formula is C15H11F3N2OS. The second-order valence-corrected chi connectivity index (χ2v) is 5.84. The molecule has 3 nitrogen and oxygen atoms in total. The number of nitrogens with one attached hydrogen (secondary N) is 1. The van der Waals surface area contributed by atoms with Gasteiger partial charge >= 0.3 is 6.18 Å². The van der Waals surface area contributed by atoms with Gasteiger partial charge in [0.2, 0.25) is 0 Å². The van der Waals surface area contributed by atoms with Crippen LogP contribution >= 0.6 is 11.3 Å². The van der Waals surface area contributed by atoms with Crippen LogP contribution in [0.5, 0.6) is 0 Å². The Morgan fingerprint density at radius 2 is 1.95 bits per heavy atom. The summed E-state index contributed by atoms with van der Waals surface area (Å²) in [5.74, 6) is -0.755. The van der Waals surface area contributed by atoms with Crippen LogP contribution in [0.2, 0.25) is 0 Å². The first-order valence-electron chi connectivity index (χ1n) is 6.26. The van der Waals surface area contributed by atoms with Crippen molar-refractivity contribution in [2.24, 2.45) is 0 Å². The lowest BCUT2D eigenvalue weighted by Gasteiger charge is -2.08. The number of nitriles is 1. The lowest BCUT2D eigenvalue weighted by Crippen LogP contribution is -2.33. The van der Waals surface area contributed by atoms with Gasteiger partial charge in [0.05, 0.1) is 16.5 Å². The van der Waals surface area contributed by atoms with Gasteiger partial charge in [-0.15, -0.1) is 11.3 Å². The van der Waals surface area contributed by atoms with Crippen LogP contribution in [0.4, 0.5) is 13.2 Å². The minimum absolute atomic E-state index is 0.228. The molecule has 2 rings (SSSR count). The van der Waals surface area contributed by atoms with Crippen molar-refractivity contribution >= 4 is 17.2 Å². The number of carbonyl (C=O) groups is 1. The largest absolute Gasteiger partial charge is 0.405 e. The molecule has 1 heterocycles. The number of hydrogen-bond donors (Lipinski definition) is 1. The lowest BCUT2D eigenvalue weighted by atomic mass is 10.0. The number of hydrogen-bond acceptors (Lipinski definition) is 3. The molecule has 0 spiro atoms. The van der Waals surface area contributed by atoms with Crippen LogP contribution < -0.4 is 5.32 Å². The maximum atomic E-state index is 12.2. The van der Waals surface area contributed by atoms with E-state index in [4.69, 9.17) is 5.26 Å². The summed E-state index contributed by atoms with van der Waals surface area (Å²) in [6.45, 7) is 0.411. The molecule has 1 amide bonds. The van der Waals surface area contributed by atoms with Crippen molar-refractivity contribution in [2.45, 2.75) is 13.1 Å². The highest BCUT2D eigenvalue weighted by molar-refractivity contribution is 7.14. The topological polar surface area (TPSA) is 52.9 Å². The lowest BCUT2D eigenvalue weighted by molar-refractivity contribution is -0.123. The van der Waals surface area contributed by atoms with Crippen LogP contribution in [0, 0.1) is 18.3 Å². The Morgan fingerprint density at radius 1 is 1.32 bits per heavy atom. The molecule has 0 aliphatic carbocycles. The first kappa shape index (κ1) is 16.0. The molecule has 0 atom stereocenters. The average Bonchev–Trinajstić information content (AvgIpc) is 2.86. The predicted octanol–water partition coefficient (Wildman–Crippen LogP) is 3.89. The first-order chi connectivity index (χ1) is 10.3. The smallest absolute Gasteiger partial charge is 0.342 e. The van der Waals surface area contributed by atoms with E-state index in [1.165, 1.54) is 0 Å². The standard InChI is InChI=1S/C15H11F3N2OS/c1-9-6-12(11-4-2-10(7-19)3-5-11)13(22-9)14(21)20-8-15(16,17)18/h2-6H,8H2,1H3,(H,20,21). The number of rotatable bonds is 3. The molecule has 7 heteroatoms. The Bertz CT molecular complexity index is 727. The Balaban J connectivity index is 2.30. The van der Waals surface area contributed by atoms with Gasteiger partial charge in [0.15, 0.2) is 0 Å². The van der Waals surface area contributed by atoms with Crippen molar-refractivity contribution in [3.63, 3.8) is 0 Å². The molecule has 0 bridgehead atoms. The Kier molecular flexibility index (Phi) is 4.52. The molecule has 0 saturated heterocycles. The third-order valence-electron chi connectivity index (χ3n) is 2.84. The molecule has 1 aromatic heterocycles. The van der Waals surface area contributed by atoms with Crippen LogP contribution in [0.25, 0.3) is 11.1 Å². The average molecular weight is 324 g/mol. The van der Waals surface area contributed by atoms with E-state index in [0.717, 1.165) is 16.2 Å². The van der Waals surface area contributed by atoms with Gasteiger partial charge in [-0.2, -0.15) is 18.4 Å². The first-order valence-corrected chi connectivity index (χ1v) is 7.08. The van der Waals surface area contributed by atoms with Crippen LogP contribution in [0.15, 0.2) is 30.3 Å². The number of amides is 1. The predicted molar refractivity (Wildman–Crippen MR) is 77.6 cm³/mol. The van der Waals surface area contributed by atoms with Gasteiger partial charge in [-0.05, 0) is 30.7 Å². The molecule has 1 aromatic carbocycles. The summed E-state index contributed by atoms with van der Waals surface area (Å²) in [6, 6.07) is 10.3. The van der Waals surface area contributed by atoms with Gasteiger partial charge in [-0.3, -0.25) is 4.79 Å². The van der Waals surface area contributed by atoms with Crippen molar-refractivity contribution in [1.82, 2.24) is 5.32 Å². The SMILES string of the molecule is Cc1cc(-c2ccc(C#N)cc2)c(C(=O)NCC(F)(F)F)s1. The Labute approximate surface area is 129 Å². The molecule has 114 valence electrons. The van der Waals surface area contributed by atoms with Crippen LogP contribution in [0.3, 0.4) is 0 Å². The molecule has 0 fully saturated rings. The maximum absolute atomic E-state index is 12.2.